The summed E-state index contributed by atoms with van der Waals surface area (Å²) in [4.78, 5) is 40.8. The normalized spacial score (nSPS) is 18.2. The second-order valence-corrected chi connectivity index (χ2v) is 12.2. The topological polar surface area (TPSA) is 195 Å². The number of ether oxygens (including phenoxy) is 8. The lowest BCUT2D eigenvalue weighted by atomic mass is 9.78. The second-order valence-electron chi connectivity index (χ2n) is 12.2. The fourth-order valence-electron chi connectivity index (χ4n) is 6.11. The predicted molar refractivity (Wildman–Crippen MR) is 195 cm³/mol. The third kappa shape index (κ3) is 10.0. The summed E-state index contributed by atoms with van der Waals surface area (Å²) in [7, 11) is 3.17. The maximum absolute atomic E-state index is 13.9. The summed E-state index contributed by atoms with van der Waals surface area (Å²) in [6.07, 6.45) is -3.81. The molecule has 0 saturated carbocycles. The molecule has 4 aromatic rings. The van der Waals surface area contributed by atoms with Crippen molar-refractivity contribution in [3.8, 4) is 11.5 Å². The highest BCUT2D eigenvalue weighted by Gasteiger charge is 2.47. The standard InChI is InChI=1S/C39H45N3O13/c1-25(44)50-20-22-52-38(53-23-21-51-26(2)45)55-35-34(46)32(24-43)54-36(35)42-19-18-33(40-37(42)47)41-39(27-8-6-5-7-9-27,28-10-14-30(48-3)15-11-28)29-12-16-31(49-4)17-13-29/h5-19,32,34-36,38,43,46H,20-24H2,1-4H3,(H,40,41,47)/t32-,34-,35-,36-/m1/s1/i40+1,41+1. The molecule has 16 nitrogen and oxygen atoms in total. The maximum Gasteiger partial charge on any atom is 0.351 e. The number of benzene rings is 3. The summed E-state index contributed by atoms with van der Waals surface area (Å²) in [5.74, 6) is 0.462. The first-order valence-electron chi connectivity index (χ1n) is 17.4. The number of rotatable bonds is 19. The number of anilines is 1. The molecule has 1 saturated heterocycles. The van der Waals surface area contributed by atoms with Crippen LogP contribution in [0.3, 0.4) is 0 Å². The van der Waals surface area contributed by atoms with Gasteiger partial charge in [-0.2, -0.15) is 4.98 Å². The molecule has 5 rings (SSSR count). The molecule has 1 aromatic heterocycles. The Hall–Kier alpha value is -5.36. The molecule has 2 heterocycles. The van der Waals surface area contributed by atoms with Crippen molar-refractivity contribution in [2.24, 2.45) is 0 Å². The molecule has 4 atom stereocenters. The second kappa shape index (κ2) is 19.3. The molecule has 3 aromatic carbocycles. The Morgan fingerprint density at radius 2 is 1.35 bits per heavy atom. The minimum Gasteiger partial charge on any atom is -0.497 e. The summed E-state index contributed by atoms with van der Waals surface area (Å²) in [6.45, 7) is -0.225. The van der Waals surface area contributed by atoms with Gasteiger partial charge in [0, 0.05) is 20.0 Å². The molecule has 0 bridgehead atoms. The first-order chi connectivity index (χ1) is 26.6. The van der Waals surface area contributed by atoms with Crippen molar-refractivity contribution in [3.63, 3.8) is 0 Å². The number of esters is 2. The van der Waals surface area contributed by atoms with E-state index in [4.69, 9.17) is 37.9 Å². The van der Waals surface area contributed by atoms with Gasteiger partial charge in [-0.15, -0.1) is 0 Å². The van der Waals surface area contributed by atoms with Crippen LogP contribution in [0.25, 0.3) is 0 Å². The van der Waals surface area contributed by atoms with Gasteiger partial charge < -0.3 is 53.4 Å². The zero-order chi connectivity index (χ0) is 39.4. The van der Waals surface area contributed by atoms with E-state index in [-0.39, 0.29) is 32.2 Å². The van der Waals surface area contributed by atoms with Gasteiger partial charge in [0.05, 0.1) is 34.0 Å². The number of aromatic nitrogens is 2. The molecule has 1 aliphatic heterocycles. The zero-order valence-corrected chi connectivity index (χ0v) is 30.9. The van der Waals surface area contributed by atoms with Crippen molar-refractivity contribution in [3.05, 3.63) is 118 Å². The zero-order valence-electron chi connectivity index (χ0n) is 30.9. The average Bonchev–Trinajstić information content (AvgIpc) is 3.51. The van der Waals surface area contributed by atoms with Gasteiger partial charge in [-0.25, -0.2) is 4.79 Å². The Morgan fingerprint density at radius 3 is 1.82 bits per heavy atom. The lowest BCUT2D eigenvalue weighted by Gasteiger charge is -2.37. The number of nitrogens with zero attached hydrogens (tertiary/aromatic N) is 2. The average molecular weight is 766 g/mol. The number of hydrogen-bond donors (Lipinski definition) is 3. The lowest BCUT2D eigenvalue weighted by molar-refractivity contribution is -0.321. The Bertz CT molecular complexity index is 1820. The fraction of sp³-hybridized carbons (Fsp3) is 0.385. The van der Waals surface area contributed by atoms with Gasteiger partial charge in [0.15, 0.2) is 6.23 Å². The van der Waals surface area contributed by atoms with Crippen molar-refractivity contribution in [1.82, 2.24) is 9.55 Å². The Kier molecular flexibility index (Phi) is 14.3. The first kappa shape index (κ1) is 40.8. The van der Waals surface area contributed by atoms with Gasteiger partial charge in [-0.1, -0.05) is 54.6 Å². The Labute approximate surface area is 317 Å². The minimum absolute atomic E-state index is 0.135. The number of carbonyl (C=O) groups excluding carboxylic acids is 2. The van der Waals surface area contributed by atoms with Gasteiger partial charge in [0.1, 0.15) is 54.4 Å². The van der Waals surface area contributed by atoms with Crippen LogP contribution in [0.15, 0.2) is 95.9 Å². The third-order valence-corrected chi connectivity index (χ3v) is 8.72. The van der Waals surface area contributed by atoms with E-state index in [1.54, 1.807) is 20.3 Å². The van der Waals surface area contributed by atoms with Crippen LogP contribution in [0.5, 0.6) is 11.5 Å². The van der Waals surface area contributed by atoms with Crippen LogP contribution >= 0.6 is 0 Å². The number of nitrogens with one attached hydrogen (secondary N) is 1. The van der Waals surface area contributed by atoms with Crippen molar-refractivity contribution in [1.29, 1.82) is 0 Å². The monoisotopic (exact) mass is 765 g/mol. The molecule has 3 N–H and O–H groups in total. The van der Waals surface area contributed by atoms with Gasteiger partial charge in [0.2, 0.25) is 0 Å². The van der Waals surface area contributed by atoms with Crippen molar-refractivity contribution in [2.75, 3.05) is 52.6 Å². The molecule has 16 heteroatoms. The van der Waals surface area contributed by atoms with Crippen LogP contribution < -0.4 is 20.5 Å². The molecule has 294 valence electrons. The van der Waals surface area contributed by atoms with Crippen molar-refractivity contribution >= 4 is 17.8 Å². The SMILES string of the molecule is COc1ccc(C([15NH]c2ccn([C@@H]3O[C@H](CO)[C@@H](O)[C@H]3OC(OCCOC(C)=O)OCCOC(C)=O)c(=O)[15n]2)(c2ccccc2)c2ccc(OC)cc2)cc1. The number of carbonyl (C=O) groups is 2. The molecule has 1 fully saturated rings. The van der Waals surface area contributed by atoms with Crippen LogP contribution in [0, 0.1) is 0 Å². The van der Waals surface area contributed by atoms with Gasteiger partial charge in [-0.3, -0.25) is 14.2 Å². The van der Waals surface area contributed by atoms with Crippen molar-refractivity contribution < 1.29 is 57.7 Å². The maximum atomic E-state index is 13.9. The highest BCUT2D eigenvalue weighted by molar-refractivity contribution is 5.66. The quantitative estimate of drug-likeness (QED) is 0.0414. The number of aliphatic hydroxyl groups is 2. The molecule has 0 aliphatic carbocycles. The summed E-state index contributed by atoms with van der Waals surface area (Å²) in [5.41, 5.74) is 0.602. The highest BCUT2D eigenvalue weighted by atomic mass is 16.9. The summed E-state index contributed by atoms with van der Waals surface area (Å²) in [6, 6.07) is 26.3. The van der Waals surface area contributed by atoms with Crippen LogP contribution in [0.1, 0.15) is 36.8 Å². The van der Waals surface area contributed by atoms with Crippen LogP contribution in [-0.2, 0) is 43.5 Å². The number of methoxy groups -OCH3 is 2. The van der Waals surface area contributed by atoms with Crippen LogP contribution in [-0.4, -0.2) is 104 Å². The van der Waals surface area contributed by atoms with Crippen molar-refractivity contribution in [2.45, 2.75) is 50.4 Å². The number of aliphatic hydroxyl groups excluding tert-OH is 2. The molecule has 0 spiro atoms. The summed E-state index contributed by atoms with van der Waals surface area (Å²) >= 11 is 0. The van der Waals surface area contributed by atoms with E-state index in [0.29, 0.717) is 11.5 Å². The van der Waals surface area contributed by atoms with E-state index in [9.17, 15) is 24.6 Å². The van der Waals surface area contributed by atoms with E-state index in [2.05, 4.69) is 10.3 Å². The smallest absolute Gasteiger partial charge is 0.351 e. The Morgan fingerprint density at radius 1 is 0.818 bits per heavy atom. The van der Waals surface area contributed by atoms with E-state index in [0.717, 1.165) is 21.3 Å². The molecular weight excluding hydrogens is 720 g/mol. The third-order valence-electron chi connectivity index (χ3n) is 8.72. The summed E-state index contributed by atoms with van der Waals surface area (Å²) in [5, 5.41) is 24.7. The predicted octanol–water partition coefficient (Wildman–Crippen LogP) is 2.74. The molecule has 0 unspecified atom stereocenters. The highest BCUT2D eigenvalue weighted by Crippen LogP contribution is 2.41. The number of hydrogen-bond acceptors (Lipinski definition) is 15. The van der Waals surface area contributed by atoms with E-state index in [1.165, 1.54) is 20.0 Å². The van der Waals surface area contributed by atoms with E-state index < -0.39 is 60.8 Å². The van der Waals surface area contributed by atoms with E-state index in [1.807, 2.05) is 78.9 Å². The molecular formula is C39H45N3O13. The molecule has 0 radical (unpaired) electrons. The summed E-state index contributed by atoms with van der Waals surface area (Å²) < 4.78 is 44.9. The lowest BCUT2D eigenvalue weighted by Crippen LogP contribution is -2.42. The van der Waals surface area contributed by atoms with E-state index >= 15 is 0 Å². The minimum atomic E-state index is -1.50. The fourth-order valence-corrected chi connectivity index (χ4v) is 6.11. The van der Waals surface area contributed by atoms with Gasteiger partial charge >= 0.3 is 17.6 Å². The van der Waals surface area contributed by atoms with Crippen LogP contribution in [0.2, 0.25) is 0 Å². The first-order valence-corrected chi connectivity index (χ1v) is 17.4. The molecule has 0 amide bonds. The Balaban J connectivity index is 1.49. The van der Waals surface area contributed by atoms with Gasteiger partial charge in [0.25, 0.3) is 6.48 Å². The largest absolute Gasteiger partial charge is 0.497 e. The molecule has 1 aliphatic rings. The van der Waals surface area contributed by atoms with Gasteiger partial charge in [-0.05, 0) is 47.0 Å². The van der Waals surface area contributed by atoms with Crippen LogP contribution in [0.4, 0.5) is 5.82 Å². The molecule has 55 heavy (non-hydrogen) atoms.